The Hall–Kier alpha value is -1.99. The topological polar surface area (TPSA) is 149 Å². The van der Waals surface area contributed by atoms with Crippen LogP contribution < -0.4 is 5.32 Å². The van der Waals surface area contributed by atoms with Crippen molar-refractivity contribution in [1.82, 2.24) is 5.32 Å². The molecular formula is C38H69NO14. The van der Waals surface area contributed by atoms with E-state index in [1.54, 1.807) is 0 Å². The number of unbranched alkanes of at least 4 members (excludes halogenated alkanes) is 3. The molecule has 1 rings (SSSR count). The first kappa shape index (κ1) is 49.0. The molecule has 0 aliphatic rings. The van der Waals surface area contributed by atoms with E-state index in [-0.39, 0.29) is 6.61 Å². The number of hydrogen-bond acceptors (Lipinski definition) is 14. The lowest BCUT2D eigenvalue weighted by atomic mass is 10.2. The van der Waals surface area contributed by atoms with E-state index in [1.165, 1.54) is 19.3 Å². The van der Waals surface area contributed by atoms with Gasteiger partial charge in [-0.2, -0.15) is 0 Å². The fraction of sp³-hybridized carbons (Fsp3) is 0.816. The lowest BCUT2D eigenvalue weighted by Crippen LogP contribution is -2.28. The number of carbonyl (C=O) groups excluding carboxylic acids is 1. The minimum absolute atomic E-state index is 0.237. The molecule has 0 aliphatic heterocycles. The SMILES string of the molecule is CCCCCCOCCOCCOCCOCCOCCOCCOCCOCCOCCOCCOCCOCCNC(=O)OCc1ccccc1. The number of carbonyl (C=O) groups is 1. The monoisotopic (exact) mass is 763 g/mol. The molecule has 0 atom stereocenters. The standard InChI is InChI=1S/C38H69NO14/c1-2-3-4-8-12-41-14-16-43-18-20-45-22-24-47-26-28-49-30-32-51-34-35-52-33-31-50-29-27-48-25-23-46-21-19-44-17-15-42-13-11-39-38(40)53-36-37-9-6-5-7-10-37/h5-7,9-10H,2-4,8,11-36H2,1H3,(H,39,40). The minimum atomic E-state index is -0.469. The van der Waals surface area contributed by atoms with E-state index in [0.717, 1.165) is 18.6 Å². The first-order valence-electron chi connectivity index (χ1n) is 19.2. The van der Waals surface area contributed by atoms with Crippen LogP contribution >= 0.6 is 0 Å². The average Bonchev–Trinajstić information content (AvgIpc) is 3.18. The second-order valence-electron chi connectivity index (χ2n) is 11.4. The molecule has 0 saturated heterocycles. The molecule has 1 amide bonds. The van der Waals surface area contributed by atoms with Gasteiger partial charge in [-0.3, -0.25) is 0 Å². The van der Waals surface area contributed by atoms with Crippen molar-refractivity contribution >= 4 is 6.09 Å². The number of nitrogens with one attached hydrogen (secondary N) is 1. The Morgan fingerprint density at radius 1 is 0.415 bits per heavy atom. The molecule has 1 N–H and O–H groups in total. The van der Waals surface area contributed by atoms with Gasteiger partial charge in [0.05, 0.1) is 152 Å². The van der Waals surface area contributed by atoms with E-state index in [4.69, 9.17) is 61.6 Å². The number of ether oxygens (including phenoxy) is 13. The van der Waals surface area contributed by atoms with E-state index in [1.807, 2.05) is 30.3 Å². The molecule has 1 aromatic rings. The van der Waals surface area contributed by atoms with Crippen molar-refractivity contribution in [3.63, 3.8) is 0 Å². The van der Waals surface area contributed by atoms with Gasteiger partial charge in [-0.15, -0.1) is 0 Å². The number of benzene rings is 1. The van der Waals surface area contributed by atoms with Crippen molar-refractivity contribution in [2.24, 2.45) is 0 Å². The Morgan fingerprint density at radius 3 is 1.08 bits per heavy atom. The van der Waals surface area contributed by atoms with E-state index < -0.39 is 6.09 Å². The van der Waals surface area contributed by atoms with Crippen LogP contribution in [-0.2, 0) is 68.2 Å². The van der Waals surface area contributed by atoms with E-state index in [9.17, 15) is 4.79 Å². The van der Waals surface area contributed by atoms with Crippen LogP contribution in [0, 0.1) is 0 Å². The Balaban J connectivity index is 1.62. The molecular weight excluding hydrogens is 694 g/mol. The van der Waals surface area contributed by atoms with Gasteiger partial charge >= 0.3 is 6.09 Å². The highest BCUT2D eigenvalue weighted by Crippen LogP contribution is 2.00. The molecule has 0 unspecified atom stereocenters. The van der Waals surface area contributed by atoms with Gasteiger partial charge in [-0.25, -0.2) is 4.79 Å². The summed E-state index contributed by atoms with van der Waals surface area (Å²) in [7, 11) is 0. The third kappa shape index (κ3) is 39.5. The zero-order valence-corrected chi connectivity index (χ0v) is 32.3. The largest absolute Gasteiger partial charge is 0.445 e. The Labute approximate surface area is 317 Å². The minimum Gasteiger partial charge on any atom is -0.445 e. The maximum absolute atomic E-state index is 11.7. The molecule has 0 heterocycles. The summed E-state index contributed by atoms with van der Waals surface area (Å²) in [6.07, 6.45) is 4.41. The molecule has 0 fully saturated rings. The van der Waals surface area contributed by atoms with Crippen molar-refractivity contribution in [3.05, 3.63) is 35.9 Å². The van der Waals surface area contributed by atoms with Crippen LogP contribution in [0.4, 0.5) is 4.79 Å². The molecule has 0 bridgehead atoms. The molecule has 0 aliphatic carbocycles. The first-order chi connectivity index (χ1) is 26.3. The van der Waals surface area contributed by atoms with Crippen LogP contribution in [0.15, 0.2) is 30.3 Å². The lowest BCUT2D eigenvalue weighted by Gasteiger charge is -2.09. The van der Waals surface area contributed by atoms with Gasteiger partial charge in [-0.05, 0) is 12.0 Å². The fourth-order valence-corrected chi connectivity index (χ4v) is 4.15. The fourth-order valence-electron chi connectivity index (χ4n) is 4.15. The van der Waals surface area contributed by atoms with Gasteiger partial charge in [0, 0.05) is 13.2 Å². The highest BCUT2D eigenvalue weighted by molar-refractivity contribution is 5.67. The summed E-state index contributed by atoms with van der Waals surface area (Å²) in [5.74, 6) is 0. The molecule has 0 spiro atoms. The molecule has 15 heteroatoms. The normalized spacial score (nSPS) is 11.3. The molecule has 0 aromatic heterocycles. The van der Waals surface area contributed by atoms with Crippen molar-refractivity contribution in [1.29, 1.82) is 0 Å². The summed E-state index contributed by atoms with van der Waals surface area (Å²) < 4.78 is 70.9. The quantitative estimate of drug-likeness (QED) is 0.0964. The van der Waals surface area contributed by atoms with Crippen LogP contribution in [0.5, 0.6) is 0 Å². The summed E-state index contributed by atoms with van der Waals surface area (Å²) in [5, 5.41) is 2.64. The van der Waals surface area contributed by atoms with E-state index >= 15 is 0 Å². The predicted octanol–water partition coefficient (Wildman–Crippen LogP) is 3.69. The zero-order valence-electron chi connectivity index (χ0n) is 32.3. The van der Waals surface area contributed by atoms with Crippen molar-refractivity contribution in [3.8, 4) is 0 Å². The molecule has 0 saturated carbocycles. The van der Waals surface area contributed by atoms with Crippen molar-refractivity contribution in [2.75, 3.05) is 165 Å². The van der Waals surface area contributed by atoms with E-state index in [2.05, 4.69) is 12.2 Å². The van der Waals surface area contributed by atoms with Crippen LogP contribution in [0.3, 0.4) is 0 Å². The number of rotatable bonds is 43. The highest BCUT2D eigenvalue weighted by Gasteiger charge is 2.02. The number of amides is 1. The predicted molar refractivity (Wildman–Crippen MR) is 199 cm³/mol. The smallest absolute Gasteiger partial charge is 0.407 e. The van der Waals surface area contributed by atoms with Gasteiger partial charge in [0.1, 0.15) is 6.61 Å². The molecule has 0 radical (unpaired) electrons. The van der Waals surface area contributed by atoms with Crippen LogP contribution in [0.1, 0.15) is 38.2 Å². The van der Waals surface area contributed by atoms with Gasteiger partial charge in [-0.1, -0.05) is 56.5 Å². The van der Waals surface area contributed by atoms with Gasteiger partial charge in [0.15, 0.2) is 0 Å². The molecule has 53 heavy (non-hydrogen) atoms. The van der Waals surface area contributed by atoms with Crippen LogP contribution in [0.25, 0.3) is 0 Å². The van der Waals surface area contributed by atoms with Crippen LogP contribution in [-0.4, -0.2) is 171 Å². The summed E-state index contributed by atoms with van der Waals surface area (Å²) in [5.41, 5.74) is 0.938. The maximum atomic E-state index is 11.7. The summed E-state index contributed by atoms with van der Waals surface area (Å²) in [4.78, 5) is 11.7. The Bertz CT molecular complexity index is 857. The lowest BCUT2D eigenvalue weighted by molar-refractivity contribution is -0.0283. The molecule has 15 nitrogen and oxygen atoms in total. The van der Waals surface area contributed by atoms with Gasteiger partial charge < -0.3 is 66.9 Å². The van der Waals surface area contributed by atoms with Gasteiger partial charge in [0.25, 0.3) is 0 Å². The van der Waals surface area contributed by atoms with Crippen molar-refractivity contribution < 1.29 is 66.4 Å². The summed E-state index contributed by atoms with van der Waals surface area (Å²) in [6.45, 7) is 15.2. The van der Waals surface area contributed by atoms with Crippen molar-refractivity contribution in [2.45, 2.75) is 39.2 Å². The zero-order chi connectivity index (χ0) is 37.8. The Kier molecular flexibility index (Phi) is 39.5. The second-order valence-corrected chi connectivity index (χ2v) is 11.4. The maximum Gasteiger partial charge on any atom is 0.407 e. The third-order valence-electron chi connectivity index (χ3n) is 6.96. The Morgan fingerprint density at radius 2 is 0.736 bits per heavy atom. The van der Waals surface area contributed by atoms with E-state index in [0.29, 0.717) is 159 Å². The van der Waals surface area contributed by atoms with Crippen LogP contribution in [0.2, 0.25) is 0 Å². The average molecular weight is 764 g/mol. The summed E-state index contributed by atoms with van der Waals surface area (Å²) >= 11 is 0. The first-order valence-corrected chi connectivity index (χ1v) is 19.2. The highest BCUT2D eigenvalue weighted by atomic mass is 16.6. The second kappa shape index (κ2) is 42.7. The van der Waals surface area contributed by atoms with Gasteiger partial charge in [0.2, 0.25) is 0 Å². The third-order valence-corrected chi connectivity index (χ3v) is 6.96. The number of hydrogen-bond donors (Lipinski definition) is 1. The summed E-state index contributed by atoms with van der Waals surface area (Å²) in [6, 6.07) is 9.51. The number of alkyl carbamates (subject to hydrolysis) is 1. The molecule has 310 valence electrons. The molecule has 1 aromatic carbocycles.